The summed E-state index contributed by atoms with van der Waals surface area (Å²) in [5.74, 6) is 6.05. The average Bonchev–Trinajstić information content (AvgIpc) is 2.38. The molecule has 0 spiro atoms. The SMILES string of the molecule is CC1CCCC(Nc2cc(NN)cc([N+](=O)[O-])c2)C1. The van der Waals surface area contributed by atoms with E-state index in [1.165, 1.54) is 18.9 Å². The highest BCUT2D eigenvalue weighted by Crippen LogP contribution is 2.29. The summed E-state index contributed by atoms with van der Waals surface area (Å²) in [6, 6.07) is 5.16. The number of nitrogens with two attached hydrogens (primary N) is 1. The van der Waals surface area contributed by atoms with Crippen LogP contribution in [0.4, 0.5) is 17.1 Å². The molecule has 4 N–H and O–H groups in total. The number of nitro benzene ring substituents is 1. The van der Waals surface area contributed by atoms with Crippen LogP contribution in [-0.2, 0) is 0 Å². The molecule has 0 heterocycles. The Kier molecular flexibility index (Phi) is 4.21. The molecule has 1 fully saturated rings. The van der Waals surface area contributed by atoms with Gasteiger partial charge in [0.15, 0.2) is 0 Å². The normalized spacial score (nSPS) is 22.8. The molecule has 1 aromatic rings. The predicted octanol–water partition coefficient (Wildman–Crippen LogP) is 2.87. The fourth-order valence-electron chi connectivity index (χ4n) is 2.68. The Labute approximate surface area is 112 Å². The molecule has 0 amide bonds. The summed E-state index contributed by atoms with van der Waals surface area (Å²) in [5, 5.41) is 14.3. The molecule has 1 aliphatic rings. The monoisotopic (exact) mass is 264 g/mol. The van der Waals surface area contributed by atoms with Crippen LogP contribution in [0.25, 0.3) is 0 Å². The van der Waals surface area contributed by atoms with Crippen molar-refractivity contribution in [2.24, 2.45) is 11.8 Å². The van der Waals surface area contributed by atoms with Crippen LogP contribution in [0.3, 0.4) is 0 Å². The first-order valence-electron chi connectivity index (χ1n) is 6.61. The molecule has 0 aliphatic heterocycles. The molecule has 1 saturated carbocycles. The quantitative estimate of drug-likeness (QED) is 0.441. The summed E-state index contributed by atoms with van der Waals surface area (Å²) in [6.07, 6.45) is 4.69. The summed E-state index contributed by atoms with van der Waals surface area (Å²) in [7, 11) is 0. The molecule has 19 heavy (non-hydrogen) atoms. The number of nitrogen functional groups attached to an aromatic ring is 1. The van der Waals surface area contributed by atoms with Gasteiger partial charge in [-0.2, -0.15) is 0 Å². The van der Waals surface area contributed by atoms with Crippen molar-refractivity contribution in [1.82, 2.24) is 0 Å². The topological polar surface area (TPSA) is 93.2 Å². The minimum absolute atomic E-state index is 0.0433. The highest BCUT2D eigenvalue weighted by atomic mass is 16.6. The third-order valence-electron chi connectivity index (χ3n) is 3.60. The van der Waals surface area contributed by atoms with E-state index < -0.39 is 4.92 Å². The average molecular weight is 264 g/mol. The van der Waals surface area contributed by atoms with Crippen molar-refractivity contribution in [3.63, 3.8) is 0 Å². The number of nitrogens with zero attached hydrogens (tertiary/aromatic N) is 1. The maximum absolute atomic E-state index is 10.9. The van der Waals surface area contributed by atoms with Gasteiger partial charge in [0.25, 0.3) is 5.69 Å². The van der Waals surface area contributed by atoms with Gasteiger partial charge in [0.1, 0.15) is 0 Å². The molecule has 0 aromatic heterocycles. The van der Waals surface area contributed by atoms with Crippen molar-refractivity contribution in [2.45, 2.75) is 38.6 Å². The second-order valence-corrected chi connectivity index (χ2v) is 5.28. The molecule has 6 nitrogen and oxygen atoms in total. The third-order valence-corrected chi connectivity index (χ3v) is 3.60. The fourth-order valence-corrected chi connectivity index (χ4v) is 2.68. The Morgan fingerprint density at radius 1 is 1.32 bits per heavy atom. The highest BCUT2D eigenvalue weighted by Gasteiger charge is 2.19. The predicted molar refractivity (Wildman–Crippen MR) is 75.9 cm³/mol. The molecular weight excluding hydrogens is 244 g/mol. The fraction of sp³-hybridized carbons (Fsp3) is 0.538. The number of hydrazine groups is 1. The number of hydrogen-bond acceptors (Lipinski definition) is 5. The molecule has 1 aromatic carbocycles. The molecule has 0 bridgehead atoms. The smallest absolute Gasteiger partial charge is 0.273 e. The van der Waals surface area contributed by atoms with E-state index in [4.69, 9.17) is 5.84 Å². The summed E-state index contributed by atoms with van der Waals surface area (Å²) >= 11 is 0. The lowest BCUT2D eigenvalue weighted by molar-refractivity contribution is -0.384. The van der Waals surface area contributed by atoms with Crippen molar-refractivity contribution in [1.29, 1.82) is 0 Å². The summed E-state index contributed by atoms with van der Waals surface area (Å²) in [5.41, 5.74) is 3.80. The molecule has 1 aliphatic carbocycles. The minimum atomic E-state index is -0.407. The lowest BCUT2D eigenvalue weighted by Crippen LogP contribution is -2.26. The van der Waals surface area contributed by atoms with Crippen LogP contribution in [0, 0.1) is 16.0 Å². The molecule has 6 heteroatoms. The lowest BCUT2D eigenvalue weighted by atomic mass is 9.87. The highest BCUT2D eigenvalue weighted by molar-refractivity contribution is 5.63. The Morgan fingerprint density at radius 2 is 2.05 bits per heavy atom. The number of nitrogens with one attached hydrogen (secondary N) is 2. The number of benzene rings is 1. The van der Waals surface area contributed by atoms with E-state index in [1.807, 2.05) is 0 Å². The van der Waals surface area contributed by atoms with Gasteiger partial charge in [-0.3, -0.25) is 16.0 Å². The Balaban J connectivity index is 2.14. The molecular formula is C13H20N4O2. The maximum atomic E-state index is 10.9. The van der Waals surface area contributed by atoms with Crippen molar-refractivity contribution in [2.75, 3.05) is 10.7 Å². The van der Waals surface area contributed by atoms with Gasteiger partial charge in [-0.25, -0.2) is 0 Å². The van der Waals surface area contributed by atoms with Crippen molar-refractivity contribution < 1.29 is 4.92 Å². The number of hydrogen-bond donors (Lipinski definition) is 3. The number of anilines is 2. The van der Waals surface area contributed by atoms with Crippen LogP contribution < -0.4 is 16.6 Å². The summed E-state index contributed by atoms with van der Waals surface area (Å²) in [6.45, 7) is 2.24. The van der Waals surface area contributed by atoms with Crippen LogP contribution in [0.5, 0.6) is 0 Å². The molecule has 0 radical (unpaired) electrons. The number of nitro groups is 1. The standard InChI is InChI=1S/C13H20N4O2/c1-9-3-2-4-10(5-9)15-11-6-12(16-14)8-13(7-11)17(18)19/h6-10,15-16H,2-5,14H2,1H3. The van der Waals surface area contributed by atoms with Crippen LogP contribution in [0.2, 0.25) is 0 Å². The number of non-ortho nitro benzene ring substituents is 1. The van der Waals surface area contributed by atoms with Crippen LogP contribution in [0.1, 0.15) is 32.6 Å². The Morgan fingerprint density at radius 3 is 2.68 bits per heavy atom. The zero-order chi connectivity index (χ0) is 13.8. The van der Waals surface area contributed by atoms with Crippen molar-refractivity contribution in [3.8, 4) is 0 Å². The van der Waals surface area contributed by atoms with E-state index >= 15 is 0 Å². The van der Waals surface area contributed by atoms with Crippen LogP contribution >= 0.6 is 0 Å². The van der Waals surface area contributed by atoms with Gasteiger partial charge < -0.3 is 10.7 Å². The van der Waals surface area contributed by atoms with Gasteiger partial charge >= 0.3 is 0 Å². The van der Waals surface area contributed by atoms with E-state index in [1.54, 1.807) is 12.1 Å². The largest absolute Gasteiger partial charge is 0.382 e. The summed E-state index contributed by atoms with van der Waals surface area (Å²) < 4.78 is 0. The van der Waals surface area contributed by atoms with Gasteiger partial charge in [-0.15, -0.1) is 0 Å². The Bertz CT molecular complexity index is 464. The van der Waals surface area contributed by atoms with Crippen LogP contribution in [0.15, 0.2) is 18.2 Å². The van der Waals surface area contributed by atoms with Gasteiger partial charge in [-0.1, -0.05) is 19.8 Å². The first kappa shape index (κ1) is 13.6. The molecule has 2 rings (SSSR count). The van der Waals surface area contributed by atoms with Gasteiger partial charge in [0.05, 0.1) is 10.6 Å². The molecule has 2 atom stereocenters. The first-order chi connectivity index (χ1) is 9.08. The van der Waals surface area contributed by atoms with E-state index in [-0.39, 0.29) is 5.69 Å². The molecule has 0 saturated heterocycles. The minimum Gasteiger partial charge on any atom is -0.382 e. The molecule has 2 unspecified atom stereocenters. The van der Waals surface area contributed by atoms with E-state index in [9.17, 15) is 10.1 Å². The Hall–Kier alpha value is -1.82. The van der Waals surface area contributed by atoms with E-state index in [0.717, 1.165) is 18.5 Å². The second kappa shape index (κ2) is 5.88. The first-order valence-corrected chi connectivity index (χ1v) is 6.61. The maximum Gasteiger partial charge on any atom is 0.273 e. The lowest BCUT2D eigenvalue weighted by Gasteiger charge is -2.28. The van der Waals surface area contributed by atoms with Crippen LogP contribution in [-0.4, -0.2) is 11.0 Å². The van der Waals surface area contributed by atoms with E-state index in [0.29, 0.717) is 17.6 Å². The second-order valence-electron chi connectivity index (χ2n) is 5.28. The summed E-state index contributed by atoms with van der Waals surface area (Å²) in [4.78, 5) is 10.5. The van der Waals surface area contributed by atoms with Gasteiger partial charge in [-0.05, 0) is 24.8 Å². The zero-order valence-corrected chi connectivity index (χ0v) is 11.1. The zero-order valence-electron chi connectivity index (χ0n) is 11.1. The molecule has 104 valence electrons. The van der Waals surface area contributed by atoms with Crippen molar-refractivity contribution in [3.05, 3.63) is 28.3 Å². The van der Waals surface area contributed by atoms with Gasteiger partial charge in [0.2, 0.25) is 0 Å². The van der Waals surface area contributed by atoms with Crippen molar-refractivity contribution >= 4 is 17.1 Å². The van der Waals surface area contributed by atoms with E-state index in [2.05, 4.69) is 17.7 Å². The number of rotatable bonds is 4. The third kappa shape index (κ3) is 3.57. The van der Waals surface area contributed by atoms with Gasteiger partial charge in [0, 0.05) is 23.9 Å².